The van der Waals surface area contributed by atoms with Crippen molar-refractivity contribution < 1.29 is 14.0 Å². The van der Waals surface area contributed by atoms with Crippen molar-refractivity contribution in [3.8, 4) is 0 Å². The van der Waals surface area contributed by atoms with Crippen LogP contribution in [0.15, 0.2) is 73.3 Å². The van der Waals surface area contributed by atoms with E-state index in [1.54, 1.807) is 0 Å². The van der Waals surface area contributed by atoms with Gasteiger partial charge in [0.1, 0.15) is 0 Å². The second-order valence-corrected chi connectivity index (χ2v) is 13.1. The molecule has 0 fully saturated rings. The minimum absolute atomic E-state index is 0.109. The Hall–Kier alpha value is -2.17. The van der Waals surface area contributed by atoms with Gasteiger partial charge in [0, 0.05) is 12.0 Å². The topological polar surface area (TPSA) is 35.5 Å². The zero-order valence-electron chi connectivity index (χ0n) is 18.4. The number of rotatable bonds is 9. The summed E-state index contributed by atoms with van der Waals surface area (Å²) in [5.74, 6) is -0.221. The lowest BCUT2D eigenvalue weighted by atomic mass is 9.88. The number of benzene rings is 2. The van der Waals surface area contributed by atoms with Gasteiger partial charge in [0.05, 0.1) is 13.0 Å². The predicted octanol–water partition coefficient (Wildman–Crippen LogP) is 4.71. The van der Waals surface area contributed by atoms with Crippen molar-refractivity contribution in [2.45, 2.75) is 46.1 Å². The molecule has 0 amide bonds. The van der Waals surface area contributed by atoms with E-state index in [2.05, 4.69) is 75.9 Å². The van der Waals surface area contributed by atoms with Crippen molar-refractivity contribution in [2.24, 2.45) is 5.41 Å². The van der Waals surface area contributed by atoms with Crippen molar-refractivity contribution in [2.75, 3.05) is 13.2 Å². The van der Waals surface area contributed by atoms with Crippen molar-refractivity contribution in [3.05, 3.63) is 73.3 Å². The first-order valence-corrected chi connectivity index (χ1v) is 12.1. The van der Waals surface area contributed by atoms with E-state index in [0.29, 0.717) is 13.2 Å². The number of carbonyl (C=O) groups is 1. The molecule has 2 aromatic rings. The minimum Gasteiger partial charge on any atom is -0.466 e. The molecule has 0 bridgehead atoms. The summed E-state index contributed by atoms with van der Waals surface area (Å²) in [6.45, 7) is 15.3. The monoisotopic (exact) mass is 410 g/mol. The maximum Gasteiger partial charge on any atom is 0.306 e. The smallest absolute Gasteiger partial charge is 0.306 e. The van der Waals surface area contributed by atoms with E-state index < -0.39 is 13.7 Å². The van der Waals surface area contributed by atoms with Gasteiger partial charge < -0.3 is 9.16 Å². The molecule has 0 aliphatic carbocycles. The normalized spacial score (nSPS) is 14.1. The van der Waals surface area contributed by atoms with Crippen LogP contribution in [0.5, 0.6) is 0 Å². The molecule has 156 valence electrons. The van der Waals surface area contributed by atoms with E-state index in [1.807, 2.05) is 32.1 Å². The van der Waals surface area contributed by atoms with Crippen LogP contribution in [0, 0.1) is 5.41 Å². The van der Waals surface area contributed by atoms with Gasteiger partial charge in [-0.25, -0.2) is 0 Å². The molecule has 2 rings (SSSR count). The van der Waals surface area contributed by atoms with Crippen molar-refractivity contribution in [1.29, 1.82) is 0 Å². The van der Waals surface area contributed by atoms with Gasteiger partial charge in [-0.05, 0) is 22.3 Å². The van der Waals surface area contributed by atoms with Crippen LogP contribution in [0.25, 0.3) is 0 Å². The second kappa shape index (κ2) is 9.55. The molecule has 0 spiro atoms. The number of hydrogen-bond acceptors (Lipinski definition) is 3. The van der Waals surface area contributed by atoms with E-state index in [0.717, 1.165) is 0 Å². The quantitative estimate of drug-likeness (QED) is 0.341. The van der Waals surface area contributed by atoms with Gasteiger partial charge >= 0.3 is 5.97 Å². The fourth-order valence-electron chi connectivity index (χ4n) is 3.76. The summed E-state index contributed by atoms with van der Waals surface area (Å²) < 4.78 is 12.1. The molecule has 0 aromatic heterocycles. The lowest BCUT2D eigenvalue weighted by molar-refractivity contribution is -0.145. The van der Waals surface area contributed by atoms with Crippen molar-refractivity contribution in [3.63, 3.8) is 0 Å². The van der Waals surface area contributed by atoms with Crippen LogP contribution >= 0.6 is 0 Å². The largest absolute Gasteiger partial charge is 0.466 e. The Morgan fingerprint density at radius 1 is 0.966 bits per heavy atom. The highest BCUT2D eigenvalue weighted by Gasteiger charge is 2.51. The number of carbonyl (C=O) groups excluding carboxylic acids is 1. The highest BCUT2D eigenvalue weighted by Crippen LogP contribution is 2.38. The highest BCUT2D eigenvalue weighted by atomic mass is 28.4. The fraction of sp³-hybridized carbons (Fsp3) is 0.400. The SMILES string of the molecule is C=CC(C)(CO[Si](c1ccccc1)(c1ccccc1)C(C)(C)C)CC(=O)OCC. The molecule has 1 atom stereocenters. The van der Waals surface area contributed by atoms with Gasteiger partial charge in [-0.3, -0.25) is 4.79 Å². The molecule has 4 heteroatoms. The lowest BCUT2D eigenvalue weighted by Gasteiger charge is -2.44. The maximum absolute atomic E-state index is 12.2. The molecule has 0 saturated carbocycles. The number of hydrogen-bond donors (Lipinski definition) is 0. The summed E-state index contributed by atoms with van der Waals surface area (Å²) in [4.78, 5) is 12.2. The summed E-state index contributed by atoms with van der Waals surface area (Å²) in [7, 11) is -2.64. The van der Waals surface area contributed by atoms with Gasteiger partial charge in [0.15, 0.2) is 0 Å². The van der Waals surface area contributed by atoms with E-state index in [4.69, 9.17) is 9.16 Å². The molecule has 3 nitrogen and oxygen atoms in total. The first-order valence-electron chi connectivity index (χ1n) is 10.2. The zero-order chi connectivity index (χ0) is 21.5. The molecule has 29 heavy (non-hydrogen) atoms. The molecule has 0 aliphatic heterocycles. The Morgan fingerprint density at radius 2 is 1.45 bits per heavy atom. The summed E-state index contributed by atoms with van der Waals surface area (Å²) in [5.41, 5.74) is -0.501. The Labute approximate surface area is 176 Å². The van der Waals surface area contributed by atoms with Gasteiger partial charge in [-0.2, -0.15) is 0 Å². The third-order valence-corrected chi connectivity index (χ3v) is 10.4. The Balaban J connectivity index is 2.51. The third-order valence-electron chi connectivity index (χ3n) is 5.38. The van der Waals surface area contributed by atoms with E-state index in [-0.39, 0.29) is 17.4 Å². The second-order valence-electron chi connectivity index (χ2n) is 8.79. The maximum atomic E-state index is 12.2. The molecule has 2 aromatic carbocycles. The molecule has 0 radical (unpaired) electrons. The fourth-order valence-corrected chi connectivity index (χ4v) is 8.46. The summed E-state index contributed by atoms with van der Waals surface area (Å²) in [6, 6.07) is 21.0. The van der Waals surface area contributed by atoms with Crippen LogP contribution in [0.4, 0.5) is 0 Å². The Bertz CT molecular complexity index is 756. The first kappa shape index (κ1) is 23.1. The first-order chi connectivity index (χ1) is 13.7. The third kappa shape index (κ3) is 5.25. The molecule has 0 heterocycles. The summed E-state index contributed by atoms with van der Waals surface area (Å²) >= 11 is 0. The van der Waals surface area contributed by atoms with Gasteiger partial charge in [0.25, 0.3) is 8.32 Å². The minimum atomic E-state index is -2.64. The lowest BCUT2D eigenvalue weighted by Crippen LogP contribution is -2.67. The zero-order valence-corrected chi connectivity index (χ0v) is 19.4. The van der Waals surface area contributed by atoms with Gasteiger partial charge in [0.2, 0.25) is 0 Å². The van der Waals surface area contributed by atoms with Crippen molar-refractivity contribution in [1.82, 2.24) is 0 Å². The van der Waals surface area contributed by atoms with Gasteiger partial charge in [-0.15, -0.1) is 6.58 Å². The van der Waals surface area contributed by atoms with Crippen LogP contribution < -0.4 is 10.4 Å². The number of esters is 1. The average molecular weight is 411 g/mol. The van der Waals surface area contributed by atoms with E-state index in [9.17, 15) is 4.79 Å². The van der Waals surface area contributed by atoms with Crippen LogP contribution in [0.1, 0.15) is 41.0 Å². The van der Waals surface area contributed by atoms with E-state index in [1.165, 1.54) is 10.4 Å². The summed E-state index contributed by atoms with van der Waals surface area (Å²) in [6.07, 6.45) is 2.07. The van der Waals surface area contributed by atoms with E-state index >= 15 is 0 Å². The van der Waals surface area contributed by atoms with Crippen LogP contribution in [0.2, 0.25) is 5.04 Å². The van der Waals surface area contributed by atoms with Crippen LogP contribution in [0.3, 0.4) is 0 Å². The molecule has 1 unspecified atom stereocenters. The molecule has 0 saturated heterocycles. The Kier molecular flexibility index (Phi) is 7.61. The molecule has 0 N–H and O–H groups in total. The molecule has 0 aliphatic rings. The standard InChI is InChI=1S/C25H34O3Si/c1-7-25(6,19-23(26)27-8-2)20-28-29(24(3,4)5,21-15-11-9-12-16-21)22-17-13-10-14-18-22/h7,9-18H,1,8,19-20H2,2-6H3. The molecular formula is C25H34O3Si. The molecular weight excluding hydrogens is 376 g/mol. The Morgan fingerprint density at radius 3 is 1.83 bits per heavy atom. The van der Waals surface area contributed by atoms with Crippen LogP contribution in [-0.4, -0.2) is 27.5 Å². The summed E-state index contributed by atoms with van der Waals surface area (Å²) in [5, 5.41) is 2.34. The van der Waals surface area contributed by atoms with Gasteiger partial charge in [-0.1, -0.05) is 94.4 Å². The highest BCUT2D eigenvalue weighted by molar-refractivity contribution is 6.99. The average Bonchev–Trinajstić information content (AvgIpc) is 2.69. The van der Waals surface area contributed by atoms with Crippen molar-refractivity contribution >= 4 is 24.7 Å². The van der Waals surface area contributed by atoms with Crippen LogP contribution in [-0.2, 0) is 14.0 Å². The number of ether oxygens (including phenoxy) is 1. The predicted molar refractivity (Wildman–Crippen MR) is 123 cm³/mol.